The van der Waals surface area contributed by atoms with E-state index in [1.165, 1.54) is 0 Å². The van der Waals surface area contributed by atoms with Crippen molar-refractivity contribution in [3.63, 3.8) is 0 Å². The fourth-order valence-corrected chi connectivity index (χ4v) is 2.75. The van der Waals surface area contributed by atoms with E-state index in [0.717, 1.165) is 51.3 Å². The molecule has 1 aromatic carbocycles. The van der Waals surface area contributed by atoms with E-state index in [0.29, 0.717) is 0 Å². The Morgan fingerprint density at radius 1 is 1.23 bits per heavy atom. The van der Waals surface area contributed by atoms with Gasteiger partial charge in [-0.25, -0.2) is 0 Å². The van der Waals surface area contributed by atoms with E-state index in [1.807, 2.05) is 37.4 Å². The van der Waals surface area contributed by atoms with Crippen LogP contribution in [-0.2, 0) is 4.79 Å². The summed E-state index contributed by atoms with van der Waals surface area (Å²) in [5.74, 6) is -0.00965. The molecule has 0 aromatic heterocycles. The minimum atomic E-state index is -0.560. The van der Waals surface area contributed by atoms with E-state index in [4.69, 9.17) is 5.73 Å². The van der Waals surface area contributed by atoms with Crippen molar-refractivity contribution in [1.29, 1.82) is 0 Å². The zero-order valence-corrected chi connectivity index (χ0v) is 13.7. The molecule has 22 heavy (non-hydrogen) atoms. The van der Waals surface area contributed by atoms with Gasteiger partial charge in [0, 0.05) is 39.8 Å². The van der Waals surface area contributed by atoms with Crippen LogP contribution in [0.5, 0.6) is 0 Å². The Kier molecular flexibility index (Phi) is 6.36. The summed E-state index contributed by atoms with van der Waals surface area (Å²) >= 11 is 0. The Morgan fingerprint density at radius 3 is 2.50 bits per heavy atom. The Hall–Kier alpha value is -1.43. The van der Waals surface area contributed by atoms with Crippen molar-refractivity contribution in [2.24, 2.45) is 5.73 Å². The first-order valence-electron chi connectivity index (χ1n) is 8.04. The normalized spacial score (nSPS) is 18.1. The van der Waals surface area contributed by atoms with Crippen LogP contribution < -0.4 is 5.73 Å². The van der Waals surface area contributed by atoms with Crippen LogP contribution in [-0.4, -0.2) is 74.0 Å². The molecule has 0 bridgehead atoms. The van der Waals surface area contributed by atoms with Crippen molar-refractivity contribution in [3.05, 3.63) is 35.9 Å². The lowest BCUT2D eigenvalue weighted by atomic mass is 10.1. The second kappa shape index (κ2) is 8.27. The molecular weight excluding hydrogens is 276 g/mol. The molecule has 122 valence electrons. The Labute approximate surface area is 133 Å². The van der Waals surface area contributed by atoms with E-state index in [2.05, 4.69) is 16.8 Å². The quantitative estimate of drug-likeness (QED) is 0.844. The number of carbonyl (C=O) groups excluding carboxylic acids is 1. The first-order valence-corrected chi connectivity index (χ1v) is 8.04. The second-order valence-electron chi connectivity index (χ2n) is 6.15. The van der Waals surface area contributed by atoms with Gasteiger partial charge in [0.05, 0.1) is 0 Å². The molecule has 1 saturated heterocycles. The van der Waals surface area contributed by atoms with Crippen LogP contribution in [0.2, 0.25) is 0 Å². The molecule has 1 aliphatic rings. The Bertz CT molecular complexity index is 457. The average Bonchev–Trinajstić information content (AvgIpc) is 2.56. The molecule has 5 nitrogen and oxygen atoms in total. The number of amides is 1. The van der Waals surface area contributed by atoms with Gasteiger partial charge in [-0.2, -0.15) is 0 Å². The lowest BCUT2D eigenvalue weighted by molar-refractivity contribution is -0.131. The summed E-state index contributed by atoms with van der Waals surface area (Å²) in [4.78, 5) is 18.9. The number of likely N-dealkylation sites (N-methyl/N-ethyl adjacent to an activating group) is 2. The first kappa shape index (κ1) is 16.9. The maximum Gasteiger partial charge on any atom is 0.243 e. The summed E-state index contributed by atoms with van der Waals surface area (Å²) in [6.45, 7) is 6.31. The Balaban J connectivity index is 1.72. The minimum absolute atomic E-state index is 0.00965. The number of hydrogen-bond donors (Lipinski definition) is 1. The lowest BCUT2D eigenvalue weighted by Gasteiger charge is -2.32. The second-order valence-corrected chi connectivity index (χ2v) is 6.15. The van der Waals surface area contributed by atoms with Gasteiger partial charge >= 0.3 is 0 Å². The molecule has 0 spiro atoms. The number of nitrogens with zero attached hydrogens (tertiary/aromatic N) is 3. The molecule has 0 aliphatic carbocycles. The highest BCUT2D eigenvalue weighted by Crippen LogP contribution is 2.12. The highest BCUT2D eigenvalue weighted by Gasteiger charge is 2.20. The molecule has 1 aromatic rings. The third-order valence-corrected chi connectivity index (χ3v) is 4.36. The third kappa shape index (κ3) is 4.80. The van der Waals surface area contributed by atoms with Crippen LogP contribution in [0.15, 0.2) is 30.3 Å². The highest BCUT2D eigenvalue weighted by molar-refractivity contribution is 5.82. The van der Waals surface area contributed by atoms with Crippen LogP contribution in [0.3, 0.4) is 0 Å². The summed E-state index contributed by atoms with van der Waals surface area (Å²) in [7, 11) is 4.00. The van der Waals surface area contributed by atoms with E-state index in [1.54, 1.807) is 4.90 Å². The minimum Gasteiger partial charge on any atom is -0.344 e. The van der Waals surface area contributed by atoms with Gasteiger partial charge < -0.3 is 20.4 Å². The van der Waals surface area contributed by atoms with Crippen LogP contribution in [0.4, 0.5) is 0 Å². The smallest absolute Gasteiger partial charge is 0.243 e. The van der Waals surface area contributed by atoms with Gasteiger partial charge in [0.2, 0.25) is 5.91 Å². The van der Waals surface area contributed by atoms with Crippen molar-refractivity contribution in [2.75, 3.05) is 53.4 Å². The largest absolute Gasteiger partial charge is 0.344 e. The monoisotopic (exact) mass is 304 g/mol. The predicted octanol–water partition coefficient (Wildman–Crippen LogP) is 0.782. The summed E-state index contributed by atoms with van der Waals surface area (Å²) in [6.07, 6.45) is 0.994. The molecule has 0 unspecified atom stereocenters. The molecule has 1 atom stereocenters. The summed E-state index contributed by atoms with van der Waals surface area (Å²) in [6, 6.07) is 9.00. The number of benzene rings is 1. The molecule has 1 fully saturated rings. The van der Waals surface area contributed by atoms with Gasteiger partial charge in [0.25, 0.3) is 0 Å². The first-order chi connectivity index (χ1) is 10.6. The molecule has 5 heteroatoms. The molecule has 2 rings (SSSR count). The number of nitrogens with two attached hydrogens (primary N) is 1. The predicted molar refractivity (Wildman–Crippen MR) is 89.6 cm³/mol. The maximum atomic E-state index is 12.3. The molecular formula is C17H28N4O. The molecule has 1 aliphatic heterocycles. The number of piperazine rings is 1. The van der Waals surface area contributed by atoms with Gasteiger partial charge in [-0.05, 0) is 25.6 Å². The average molecular weight is 304 g/mol. The van der Waals surface area contributed by atoms with Gasteiger partial charge in [-0.1, -0.05) is 30.3 Å². The van der Waals surface area contributed by atoms with Crippen LogP contribution in [0.25, 0.3) is 0 Å². The van der Waals surface area contributed by atoms with E-state index in [-0.39, 0.29) is 5.91 Å². The SMILES string of the molecule is CN1CCN(CCCN(C)C(=O)[C@H](N)c2ccccc2)CC1. The third-order valence-electron chi connectivity index (χ3n) is 4.36. The zero-order valence-electron chi connectivity index (χ0n) is 13.7. The van der Waals surface area contributed by atoms with Gasteiger partial charge in [0.15, 0.2) is 0 Å². The fraction of sp³-hybridized carbons (Fsp3) is 0.588. The molecule has 1 amide bonds. The highest BCUT2D eigenvalue weighted by atomic mass is 16.2. The Morgan fingerprint density at radius 2 is 1.86 bits per heavy atom. The lowest BCUT2D eigenvalue weighted by Crippen LogP contribution is -2.45. The van der Waals surface area contributed by atoms with Gasteiger partial charge in [-0.15, -0.1) is 0 Å². The van der Waals surface area contributed by atoms with Crippen LogP contribution in [0, 0.1) is 0 Å². The van der Waals surface area contributed by atoms with Gasteiger partial charge in [-0.3, -0.25) is 4.79 Å². The van der Waals surface area contributed by atoms with Crippen molar-refractivity contribution in [3.8, 4) is 0 Å². The zero-order chi connectivity index (χ0) is 15.9. The van der Waals surface area contributed by atoms with E-state index >= 15 is 0 Å². The fourth-order valence-electron chi connectivity index (χ4n) is 2.75. The van der Waals surface area contributed by atoms with Crippen molar-refractivity contribution < 1.29 is 4.79 Å². The van der Waals surface area contributed by atoms with Crippen molar-refractivity contribution >= 4 is 5.91 Å². The number of carbonyl (C=O) groups is 1. The summed E-state index contributed by atoms with van der Waals surface area (Å²) in [5.41, 5.74) is 6.94. The van der Waals surface area contributed by atoms with Crippen LogP contribution >= 0.6 is 0 Å². The number of rotatable bonds is 6. The standard InChI is InChI=1S/C17H28N4O/c1-19-11-13-21(14-12-19)10-6-9-20(2)17(22)16(18)15-7-4-3-5-8-15/h3-5,7-8,16H,6,9-14,18H2,1-2H3/t16-/m1/s1. The maximum absolute atomic E-state index is 12.3. The van der Waals surface area contributed by atoms with E-state index in [9.17, 15) is 4.79 Å². The molecule has 0 radical (unpaired) electrons. The molecule has 2 N–H and O–H groups in total. The number of hydrogen-bond acceptors (Lipinski definition) is 4. The van der Waals surface area contributed by atoms with Crippen LogP contribution in [0.1, 0.15) is 18.0 Å². The van der Waals surface area contributed by atoms with E-state index < -0.39 is 6.04 Å². The summed E-state index contributed by atoms with van der Waals surface area (Å²) in [5, 5.41) is 0. The molecule has 0 saturated carbocycles. The molecule has 1 heterocycles. The van der Waals surface area contributed by atoms with Crippen molar-refractivity contribution in [1.82, 2.24) is 14.7 Å². The van der Waals surface area contributed by atoms with Gasteiger partial charge in [0.1, 0.15) is 6.04 Å². The topological polar surface area (TPSA) is 52.8 Å². The summed E-state index contributed by atoms with van der Waals surface area (Å²) < 4.78 is 0. The van der Waals surface area contributed by atoms with Crippen molar-refractivity contribution in [2.45, 2.75) is 12.5 Å².